The van der Waals surface area contributed by atoms with Crippen molar-refractivity contribution in [1.29, 1.82) is 0 Å². The first-order valence-electron chi connectivity index (χ1n) is 8.39. The second-order valence-corrected chi connectivity index (χ2v) is 6.55. The summed E-state index contributed by atoms with van der Waals surface area (Å²) in [6.07, 6.45) is 7.12. The van der Waals surface area contributed by atoms with Crippen molar-refractivity contribution in [2.24, 2.45) is 0 Å². The summed E-state index contributed by atoms with van der Waals surface area (Å²) in [6, 6.07) is 13.9. The van der Waals surface area contributed by atoms with Gasteiger partial charge >= 0.3 is 0 Å². The fourth-order valence-corrected chi connectivity index (χ4v) is 3.48. The normalized spacial score (nSPS) is 17.8. The molecular weight excluding hydrogens is 284 g/mol. The third-order valence-electron chi connectivity index (χ3n) is 4.68. The van der Waals surface area contributed by atoms with Crippen LogP contribution in [0.4, 0.5) is 0 Å². The number of aromatic hydroxyl groups is 2. The molecule has 2 N–H and O–H groups in total. The minimum Gasteiger partial charge on any atom is -0.507 e. The molecule has 0 saturated carbocycles. The van der Waals surface area contributed by atoms with E-state index in [2.05, 4.69) is 25.1 Å². The molecule has 1 atom stereocenters. The highest BCUT2D eigenvalue weighted by Gasteiger charge is 2.21. The van der Waals surface area contributed by atoms with E-state index in [4.69, 9.17) is 0 Å². The summed E-state index contributed by atoms with van der Waals surface area (Å²) in [4.78, 5) is 0. The molecule has 1 aliphatic carbocycles. The Morgan fingerprint density at radius 2 is 1.61 bits per heavy atom. The molecule has 120 valence electrons. The lowest BCUT2D eigenvalue weighted by Gasteiger charge is -2.22. The maximum atomic E-state index is 10.4. The zero-order chi connectivity index (χ0) is 16.2. The third kappa shape index (κ3) is 3.76. The smallest absolute Gasteiger partial charge is 0.123 e. The highest BCUT2D eigenvalue weighted by Crippen LogP contribution is 2.41. The van der Waals surface area contributed by atoms with Crippen LogP contribution in [0.1, 0.15) is 48.8 Å². The zero-order valence-corrected chi connectivity index (χ0v) is 13.6. The second kappa shape index (κ2) is 6.91. The van der Waals surface area contributed by atoms with Gasteiger partial charge < -0.3 is 10.2 Å². The molecule has 0 radical (unpaired) electrons. The Morgan fingerprint density at radius 1 is 0.957 bits per heavy atom. The van der Waals surface area contributed by atoms with E-state index in [9.17, 15) is 10.2 Å². The predicted molar refractivity (Wildman–Crippen MR) is 94.0 cm³/mol. The van der Waals surface area contributed by atoms with Crippen molar-refractivity contribution in [2.75, 3.05) is 0 Å². The number of benzene rings is 2. The maximum absolute atomic E-state index is 10.4. The molecule has 0 aromatic heterocycles. The van der Waals surface area contributed by atoms with Crippen molar-refractivity contribution >= 4 is 0 Å². The SMILES string of the molecule is CC1=C[C@H](c2c(O)cc(CCc3ccccc3)cc2O)CCC1. The molecule has 0 spiro atoms. The Kier molecular flexibility index (Phi) is 4.71. The summed E-state index contributed by atoms with van der Waals surface area (Å²) in [5.74, 6) is 0.583. The van der Waals surface area contributed by atoms with Gasteiger partial charge in [-0.1, -0.05) is 42.0 Å². The number of aryl methyl sites for hydroxylation is 2. The summed E-state index contributed by atoms with van der Waals surface area (Å²) >= 11 is 0. The van der Waals surface area contributed by atoms with Crippen molar-refractivity contribution in [3.05, 3.63) is 70.8 Å². The Labute approximate surface area is 138 Å². The van der Waals surface area contributed by atoms with Gasteiger partial charge in [0, 0.05) is 11.5 Å². The molecule has 0 heterocycles. The average molecular weight is 308 g/mol. The molecule has 0 unspecified atom stereocenters. The van der Waals surface area contributed by atoms with Crippen LogP contribution >= 0.6 is 0 Å². The number of allylic oxidation sites excluding steroid dienone is 2. The maximum Gasteiger partial charge on any atom is 0.123 e. The van der Waals surface area contributed by atoms with E-state index in [1.165, 1.54) is 11.1 Å². The van der Waals surface area contributed by atoms with E-state index in [0.717, 1.165) is 37.7 Å². The van der Waals surface area contributed by atoms with Crippen LogP contribution < -0.4 is 0 Å². The van der Waals surface area contributed by atoms with E-state index < -0.39 is 0 Å². The topological polar surface area (TPSA) is 40.5 Å². The molecule has 23 heavy (non-hydrogen) atoms. The van der Waals surface area contributed by atoms with Gasteiger partial charge in [0.05, 0.1) is 0 Å². The molecule has 0 aliphatic heterocycles. The molecule has 2 aromatic carbocycles. The standard InChI is InChI=1S/C21H24O2/c1-15-6-5-9-18(12-15)21-19(22)13-17(14-20(21)23)11-10-16-7-3-2-4-8-16/h2-4,7-8,12-14,18,22-23H,5-6,9-11H2,1H3/t18-/m1/s1. The molecule has 0 saturated heterocycles. The van der Waals surface area contributed by atoms with Crippen LogP contribution in [0.15, 0.2) is 54.1 Å². The number of phenols is 2. The van der Waals surface area contributed by atoms with Gasteiger partial charge in [0.25, 0.3) is 0 Å². The summed E-state index contributed by atoms with van der Waals surface area (Å²) in [5.41, 5.74) is 4.27. The lowest BCUT2D eigenvalue weighted by molar-refractivity contribution is 0.427. The highest BCUT2D eigenvalue weighted by atomic mass is 16.3. The third-order valence-corrected chi connectivity index (χ3v) is 4.68. The first kappa shape index (κ1) is 15.7. The molecule has 3 rings (SSSR count). The predicted octanol–water partition coefficient (Wildman–Crippen LogP) is 5.10. The summed E-state index contributed by atoms with van der Waals surface area (Å²) in [6.45, 7) is 2.12. The van der Waals surface area contributed by atoms with Gasteiger partial charge in [-0.3, -0.25) is 0 Å². The largest absolute Gasteiger partial charge is 0.507 e. The van der Waals surface area contributed by atoms with Crippen molar-refractivity contribution in [3.63, 3.8) is 0 Å². The minimum absolute atomic E-state index is 0.131. The molecular formula is C21H24O2. The van der Waals surface area contributed by atoms with Crippen molar-refractivity contribution in [1.82, 2.24) is 0 Å². The van der Waals surface area contributed by atoms with Crippen LogP contribution in [0.25, 0.3) is 0 Å². The van der Waals surface area contributed by atoms with Gasteiger partial charge in [-0.15, -0.1) is 0 Å². The molecule has 1 aliphatic rings. The Bertz CT molecular complexity index is 678. The molecule has 2 aromatic rings. The van der Waals surface area contributed by atoms with Gasteiger partial charge in [0.1, 0.15) is 11.5 Å². The van der Waals surface area contributed by atoms with Crippen LogP contribution in [-0.4, -0.2) is 10.2 Å². The number of rotatable bonds is 4. The number of hydrogen-bond acceptors (Lipinski definition) is 2. The summed E-state index contributed by atoms with van der Waals surface area (Å²) in [7, 11) is 0. The second-order valence-electron chi connectivity index (χ2n) is 6.55. The number of hydrogen-bond donors (Lipinski definition) is 2. The van der Waals surface area contributed by atoms with E-state index >= 15 is 0 Å². The highest BCUT2D eigenvalue weighted by molar-refractivity contribution is 5.50. The van der Waals surface area contributed by atoms with E-state index in [1.54, 1.807) is 0 Å². The lowest BCUT2D eigenvalue weighted by Crippen LogP contribution is -2.03. The van der Waals surface area contributed by atoms with Crippen LogP contribution in [-0.2, 0) is 12.8 Å². The fraction of sp³-hybridized carbons (Fsp3) is 0.333. The van der Waals surface area contributed by atoms with Crippen molar-refractivity contribution in [2.45, 2.75) is 44.9 Å². The molecule has 2 nitrogen and oxygen atoms in total. The quantitative estimate of drug-likeness (QED) is 0.772. The van der Waals surface area contributed by atoms with E-state index in [-0.39, 0.29) is 17.4 Å². The Morgan fingerprint density at radius 3 is 2.26 bits per heavy atom. The van der Waals surface area contributed by atoms with Gasteiger partial charge in [-0.2, -0.15) is 0 Å². The lowest BCUT2D eigenvalue weighted by atomic mass is 9.84. The zero-order valence-electron chi connectivity index (χ0n) is 13.6. The molecule has 0 bridgehead atoms. The van der Waals surface area contributed by atoms with Gasteiger partial charge in [0.2, 0.25) is 0 Å². The molecule has 0 fully saturated rings. The van der Waals surface area contributed by atoms with Gasteiger partial charge in [-0.05, 0) is 62.3 Å². The van der Waals surface area contributed by atoms with Gasteiger partial charge in [0.15, 0.2) is 0 Å². The van der Waals surface area contributed by atoms with Crippen molar-refractivity contribution < 1.29 is 10.2 Å². The molecule has 2 heteroatoms. The summed E-state index contributed by atoms with van der Waals surface area (Å²) in [5, 5.41) is 20.8. The first-order chi connectivity index (χ1) is 11.1. The summed E-state index contributed by atoms with van der Waals surface area (Å²) < 4.78 is 0. The van der Waals surface area contributed by atoms with Crippen LogP contribution in [0.3, 0.4) is 0 Å². The minimum atomic E-state index is 0.131. The first-order valence-corrected chi connectivity index (χ1v) is 8.39. The monoisotopic (exact) mass is 308 g/mol. The van der Waals surface area contributed by atoms with Crippen LogP contribution in [0, 0.1) is 0 Å². The number of phenolic OH excluding ortho intramolecular Hbond substituents is 2. The average Bonchev–Trinajstić information content (AvgIpc) is 2.53. The van der Waals surface area contributed by atoms with E-state index in [1.807, 2.05) is 30.3 Å². The molecule has 0 amide bonds. The van der Waals surface area contributed by atoms with Crippen LogP contribution in [0.5, 0.6) is 11.5 Å². The van der Waals surface area contributed by atoms with Gasteiger partial charge in [-0.25, -0.2) is 0 Å². The van der Waals surface area contributed by atoms with Crippen molar-refractivity contribution in [3.8, 4) is 11.5 Å². The fourth-order valence-electron chi connectivity index (χ4n) is 3.48. The van der Waals surface area contributed by atoms with Crippen LogP contribution in [0.2, 0.25) is 0 Å². The Balaban J connectivity index is 1.79. The Hall–Kier alpha value is -2.22. The van der Waals surface area contributed by atoms with E-state index in [0.29, 0.717) is 5.56 Å².